The number of nitrogens with one attached hydrogen (secondary N) is 3. The summed E-state index contributed by atoms with van der Waals surface area (Å²) in [5.41, 5.74) is 3.70. The van der Waals surface area contributed by atoms with Gasteiger partial charge in [-0.15, -0.1) is 0 Å². The summed E-state index contributed by atoms with van der Waals surface area (Å²) in [6.07, 6.45) is 4.81. The molecule has 1 aliphatic carbocycles. The van der Waals surface area contributed by atoms with E-state index in [1.54, 1.807) is 62.4 Å². The Bertz CT molecular complexity index is 1920. The first kappa shape index (κ1) is 36.8. The molecule has 0 bridgehead atoms. The summed E-state index contributed by atoms with van der Waals surface area (Å²) in [5, 5.41) is 9.12. The standard InChI is InChI=1S/C36H44N4O8S2/c1-22(41)37-28-13-11-23-19-32(46-2)34(47-3)35(48-4)33(23)26-12-14-29(31(42)21-27(26)28)39-30(15-17-49-5)36(43)38-24-9-8-10-25(20-24)40-16-6-7-18-50(40,44)45/h8-10,12,14,19-21,28,30H,6-7,11,13,15-18H2,1-5H3,(H,37,41)(H,38,43)(H,39,42)/t28-,30-/m1/s1. The van der Waals surface area contributed by atoms with Crippen LogP contribution in [0, 0.1) is 0 Å². The van der Waals surface area contributed by atoms with Crippen molar-refractivity contribution < 1.29 is 32.2 Å². The van der Waals surface area contributed by atoms with Crippen molar-refractivity contribution in [3.8, 4) is 28.4 Å². The molecule has 2 atom stereocenters. The number of sulfonamides is 1. The number of aryl methyl sites for hydroxylation is 1. The van der Waals surface area contributed by atoms with E-state index in [1.807, 2.05) is 12.3 Å². The molecule has 1 aliphatic heterocycles. The van der Waals surface area contributed by atoms with Gasteiger partial charge in [-0.05, 0) is 97.2 Å². The SMILES string of the molecule is COc1cc2c(c(OC)c1OC)-c1ccc(N[C@H](CCSC)C(=O)Nc3cccc(N4CCCCS4(=O)=O)c3)c(=O)cc1[C@H](NC(C)=O)CC2. The minimum absolute atomic E-state index is 0.0887. The maximum atomic E-state index is 13.9. The topological polar surface area (TPSA) is 152 Å². The van der Waals surface area contributed by atoms with Gasteiger partial charge in [-0.1, -0.05) is 12.1 Å². The molecule has 2 amide bonds. The molecule has 50 heavy (non-hydrogen) atoms. The van der Waals surface area contributed by atoms with Gasteiger partial charge in [0.25, 0.3) is 0 Å². The normalized spacial score (nSPS) is 16.9. The zero-order chi connectivity index (χ0) is 36.0. The van der Waals surface area contributed by atoms with Crippen molar-refractivity contribution in [2.45, 2.75) is 51.1 Å². The summed E-state index contributed by atoms with van der Waals surface area (Å²) in [4.78, 5) is 40.0. The predicted molar refractivity (Wildman–Crippen MR) is 199 cm³/mol. The van der Waals surface area contributed by atoms with E-state index >= 15 is 0 Å². The van der Waals surface area contributed by atoms with Gasteiger partial charge in [-0.3, -0.25) is 18.7 Å². The molecule has 3 N–H and O–H groups in total. The number of anilines is 3. The van der Waals surface area contributed by atoms with E-state index in [4.69, 9.17) is 14.2 Å². The summed E-state index contributed by atoms with van der Waals surface area (Å²) in [5.74, 6) is 1.47. The van der Waals surface area contributed by atoms with E-state index in [0.717, 1.165) is 17.5 Å². The lowest BCUT2D eigenvalue weighted by molar-refractivity contribution is -0.120. The molecule has 12 nitrogen and oxygen atoms in total. The van der Waals surface area contributed by atoms with Crippen molar-refractivity contribution >= 4 is 50.7 Å². The number of carbonyl (C=O) groups is 2. The predicted octanol–water partition coefficient (Wildman–Crippen LogP) is 4.97. The van der Waals surface area contributed by atoms with Gasteiger partial charge in [0.1, 0.15) is 6.04 Å². The highest BCUT2D eigenvalue weighted by Gasteiger charge is 2.30. The number of hydrogen-bond donors (Lipinski definition) is 3. The molecule has 2 aliphatic rings. The molecule has 3 aromatic rings. The van der Waals surface area contributed by atoms with Crippen LogP contribution in [0.4, 0.5) is 17.1 Å². The third-order valence-electron chi connectivity index (χ3n) is 8.92. The molecule has 0 radical (unpaired) electrons. The zero-order valence-electron chi connectivity index (χ0n) is 29.0. The number of thioether (sulfide) groups is 1. The Balaban J connectivity index is 1.53. The van der Waals surface area contributed by atoms with Gasteiger partial charge in [-0.25, -0.2) is 8.42 Å². The number of rotatable bonds is 12. The number of hydrogen-bond acceptors (Lipinski definition) is 10. The molecule has 0 aromatic heterocycles. The van der Waals surface area contributed by atoms with E-state index in [-0.39, 0.29) is 28.7 Å². The Morgan fingerprint density at radius 3 is 2.48 bits per heavy atom. The van der Waals surface area contributed by atoms with Gasteiger partial charge in [0.15, 0.2) is 11.5 Å². The van der Waals surface area contributed by atoms with Gasteiger partial charge in [0, 0.05) is 24.7 Å². The largest absolute Gasteiger partial charge is 0.493 e. The van der Waals surface area contributed by atoms with Crippen LogP contribution in [-0.4, -0.2) is 71.9 Å². The molecule has 0 saturated carbocycles. The van der Waals surface area contributed by atoms with E-state index in [1.165, 1.54) is 24.4 Å². The average molecular weight is 725 g/mol. The molecular formula is C36H44N4O8S2. The van der Waals surface area contributed by atoms with Crippen LogP contribution >= 0.6 is 11.8 Å². The molecule has 5 rings (SSSR count). The van der Waals surface area contributed by atoms with Gasteiger partial charge >= 0.3 is 0 Å². The van der Waals surface area contributed by atoms with Crippen LogP contribution in [0.3, 0.4) is 0 Å². The Morgan fingerprint density at radius 1 is 1.02 bits per heavy atom. The zero-order valence-corrected chi connectivity index (χ0v) is 30.6. The molecule has 1 heterocycles. The Morgan fingerprint density at radius 2 is 1.80 bits per heavy atom. The minimum Gasteiger partial charge on any atom is -0.493 e. The van der Waals surface area contributed by atoms with Crippen molar-refractivity contribution in [2.75, 3.05) is 60.6 Å². The lowest BCUT2D eigenvalue weighted by atomic mass is 9.95. The van der Waals surface area contributed by atoms with Crippen molar-refractivity contribution in [1.82, 2.24) is 5.32 Å². The maximum absolute atomic E-state index is 13.9. The van der Waals surface area contributed by atoms with Crippen molar-refractivity contribution in [1.29, 1.82) is 0 Å². The monoisotopic (exact) mass is 724 g/mol. The van der Waals surface area contributed by atoms with Crippen molar-refractivity contribution in [2.24, 2.45) is 0 Å². The van der Waals surface area contributed by atoms with Crippen molar-refractivity contribution in [3.05, 3.63) is 69.9 Å². The minimum atomic E-state index is -3.43. The summed E-state index contributed by atoms with van der Waals surface area (Å²) in [6, 6.07) is 12.4. The fraction of sp³-hybridized carbons (Fsp3) is 0.417. The first-order valence-electron chi connectivity index (χ1n) is 16.5. The van der Waals surface area contributed by atoms with Crippen LogP contribution in [0.2, 0.25) is 0 Å². The van der Waals surface area contributed by atoms with E-state index in [9.17, 15) is 22.8 Å². The first-order valence-corrected chi connectivity index (χ1v) is 19.5. The van der Waals surface area contributed by atoms with Crippen LogP contribution < -0.4 is 39.9 Å². The summed E-state index contributed by atoms with van der Waals surface area (Å²) < 4.78 is 44.0. The Kier molecular flexibility index (Phi) is 11.8. The third-order valence-corrected chi connectivity index (χ3v) is 11.4. The number of amides is 2. The van der Waals surface area contributed by atoms with Crippen LogP contribution in [0.15, 0.2) is 53.3 Å². The van der Waals surface area contributed by atoms with Crippen LogP contribution in [-0.2, 0) is 26.0 Å². The first-order chi connectivity index (χ1) is 24.0. The number of benzene rings is 2. The third kappa shape index (κ3) is 7.96. The fourth-order valence-corrected chi connectivity index (χ4v) is 8.67. The van der Waals surface area contributed by atoms with Gasteiger partial charge in [-0.2, -0.15) is 11.8 Å². The van der Waals surface area contributed by atoms with E-state index in [2.05, 4.69) is 16.0 Å². The number of ether oxygens (including phenoxy) is 3. The summed E-state index contributed by atoms with van der Waals surface area (Å²) in [7, 11) is 1.19. The molecular weight excluding hydrogens is 681 g/mol. The maximum Gasteiger partial charge on any atom is 0.246 e. The summed E-state index contributed by atoms with van der Waals surface area (Å²) >= 11 is 1.57. The number of carbonyl (C=O) groups excluding carboxylic acids is 2. The van der Waals surface area contributed by atoms with Gasteiger partial charge < -0.3 is 30.2 Å². The smallest absolute Gasteiger partial charge is 0.246 e. The van der Waals surface area contributed by atoms with Crippen LogP contribution in [0.1, 0.15) is 49.8 Å². The number of nitrogens with zero attached hydrogens (tertiary/aromatic N) is 1. The van der Waals surface area contributed by atoms with Gasteiger partial charge in [0.2, 0.25) is 33.0 Å². The molecule has 1 saturated heterocycles. The highest BCUT2D eigenvalue weighted by Crippen LogP contribution is 2.50. The van der Waals surface area contributed by atoms with Crippen molar-refractivity contribution in [3.63, 3.8) is 0 Å². The molecule has 14 heteroatoms. The average Bonchev–Trinajstić information content (AvgIpc) is 3.33. The van der Waals surface area contributed by atoms with Crippen LogP contribution in [0.5, 0.6) is 17.2 Å². The molecule has 0 spiro atoms. The number of methoxy groups -OCH3 is 3. The second-order valence-corrected chi connectivity index (χ2v) is 15.2. The van der Waals surface area contributed by atoms with Crippen LogP contribution in [0.25, 0.3) is 11.1 Å². The molecule has 3 aromatic carbocycles. The number of fused-ring (bicyclic) bond motifs is 3. The summed E-state index contributed by atoms with van der Waals surface area (Å²) in [6.45, 7) is 1.83. The Hall–Kier alpha value is -4.43. The quantitative estimate of drug-likeness (QED) is 0.234. The second-order valence-electron chi connectivity index (χ2n) is 12.2. The highest BCUT2D eigenvalue weighted by molar-refractivity contribution is 7.98. The van der Waals surface area contributed by atoms with E-state index in [0.29, 0.717) is 77.7 Å². The molecule has 1 fully saturated rings. The lowest BCUT2D eigenvalue weighted by Crippen LogP contribution is -2.38. The fourth-order valence-electron chi connectivity index (χ4n) is 6.57. The molecule has 268 valence electrons. The second kappa shape index (κ2) is 16.1. The molecule has 0 unspecified atom stereocenters. The van der Waals surface area contributed by atoms with E-state index < -0.39 is 22.1 Å². The van der Waals surface area contributed by atoms with Gasteiger partial charge in [0.05, 0.1) is 44.5 Å². The Labute approximate surface area is 297 Å². The highest BCUT2D eigenvalue weighted by atomic mass is 32.2. The lowest BCUT2D eigenvalue weighted by Gasteiger charge is -2.28.